The lowest BCUT2D eigenvalue weighted by Gasteiger charge is -2.10. The lowest BCUT2D eigenvalue weighted by molar-refractivity contribution is 0.614. The Bertz CT molecular complexity index is 783. The van der Waals surface area contributed by atoms with Crippen LogP contribution >= 0.6 is 31.9 Å². The third-order valence-electron chi connectivity index (χ3n) is 3.35. The summed E-state index contributed by atoms with van der Waals surface area (Å²) in [5.74, 6) is 0. The van der Waals surface area contributed by atoms with Crippen molar-refractivity contribution in [1.29, 1.82) is 0 Å². The van der Waals surface area contributed by atoms with Crippen LogP contribution in [0.15, 0.2) is 56.0 Å². The Balaban J connectivity index is 1.68. The molecule has 1 heterocycles. The number of nitrogens with one attached hydrogen (secondary N) is 1. The summed E-state index contributed by atoms with van der Waals surface area (Å²) in [6, 6.07) is 12.2. The molecule has 0 saturated heterocycles. The smallest absolute Gasteiger partial charge is 0.134 e. The first kappa shape index (κ1) is 14.6. The SMILES string of the molecule is Nc1c(Br)cc(Br)cc1CNCc1ccc2ccoc2c1. The molecule has 0 fully saturated rings. The maximum Gasteiger partial charge on any atom is 0.134 e. The lowest BCUT2D eigenvalue weighted by atomic mass is 10.1. The fourth-order valence-electron chi connectivity index (χ4n) is 2.23. The summed E-state index contributed by atoms with van der Waals surface area (Å²) in [5.41, 5.74) is 10.0. The van der Waals surface area contributed by atoms with Crippen molar-refractivity contribution >= 4 is 48.5 Å². The van der Waals surface area contributed by atoms with E-state index in [4.69, 9.17) is 10.2 Å². The predicted octanol–water partition coefficient (Wildman–Crippen LogP) is 4.83. The van der Waals surface area contributed by atoms with E-state index in [2.05, 4.69) is 55.4 Å². The summed E-state index contributed by atoms with van der Waals surface area (Å²) in [4.78, 5) is 0. The van der Waals surface area contributed by atoms with E-state index < -0.39 is 0 Å². The second-order valence-electron chi connectivity index (χ2n) is 4.86. The number of nitrogens with two attached hydrogens (primary N) is 1. The highest BCUT2D eigenvalue weighted by Crippen LogP contribution is 2.28. The van der Waals surface area contributed by atoms with Crippen LogP contribution < -0.4 is 11.1 Å². The molecule has 1 aromatic heterocycles. The summed E-state index contributed by atoms with van der Waals surface area (Å²) in [6.07, 6.45) is 1.71. The van der Waals surface area contributed by atoms with Gasteiger partial charge in [0.1, 0.15) is 5.58 Å². The van der Waals surface area contributed by atoms with Crippen molar-refractivity contribution in [3.8, 4) is 0 Å². The van der Waals surface area contributed by atoms with Crippen molar-refractivity contribution in [2.75, 3.05) is 5.73 Å². The highest BCUT2D eigenvalue weighted by Gasteiger charge is 2.05. The van der Waals surface area contributed by atoms with Crippen LogP contribution in [0.2, 0.25) is 0 Å². The molecule has 108 valence electrons. The Kier molecular flexibility index (Phi) is 4.33. The highest BCUT2D eigenvalue weighted by molar-refractivity contribution is 9.11. The van der Waals surface area contributed by atoms with Gasteiger partial charge in [0.25, 0.3) is 0 Å². The van der Waals surface area contributed by atoms with Gasteiger partial charge >= 0.3 is 0 Å². The molecular weight excluding hydrogens is 396 g/mol. The van der Waals surface area contributed by atoms with Gasteiger partial charge in [-0.1, -0.05) is 28.1 Å². The number of halogens is 2. The molecule has 3 nitrogen and oxygen atoms in total. The summed E-state index contributed by atoms with van der Waals surface area (Å²) >= 11 is 6.94. The van der Waals surface area contributed by atoms with Crippen molar-refractivity contribution in [2.45, 2.75) is 13.1 Å². The van der Waals surface area contributed by atoms with E-state index in [-0.39, 0.29) is 0 Å². The van der Waals surface area contributed by atoms with E-state index >= 15 is 0 Å². The molecule has 0 radical (unpaired) electrons. The summed E-state index contributed by atoms with van der Waals surface area (Å²) < 4.78 is 7.33. The molecule has 3 N–H and O–H groups in total. The Morgan fingerprint density at radius 2 is 1.90 bits per heavy atom. The molecule has 2 aromatic carbocycles. The molecule has 0 aliphatic carbocycles. The Hall–Kier alpha value is -1.30. The number of rotatable bonds is 4. The van der Waals surface area contributed by atoms with E-state index in [0.717, 1.165) is 37.7 Å². The van der Waals surface area contributed by atoms with E-state index in [1.54, 1.807) is 6.26 Å². The number of hydrogen-bond donors (Lipinski definition) is 2. The van der Waals surface area contributed by atoms with E-state index in [1.165, 1.54) is 5.56 Å². The molecule has 3 aromatic rings. The zero-order chi connectivity index (χ0) is 14.8. The van der Waals surface area contributed by atoms with Gasteiger partial charge in [-0.3, -0.25) is 0 Å². The molecule has 0 unspecified atom stereocenters. The molecule has 5 heteroatoms. The molecule has 0 saturated carbocycles. The van der Waals surface area contributed by atoms with Crippen molar-refractivity contribution in [1.82, 2.24) is 5.32 Å². The van der Waals surface area contributed by atoms with Gasteiger partial charge in [0.05, 0.1) is 12.0 Å². The van der Waals surface area contributed by atoms with Gasteiger partial charge in [0, 0.05) is 27.4 Å². The van der Waals surface area contributed by atoms with Crippen LogP contribution in [-0.2, 0) is 13.1 Å². The molecule has 0 spiro atoms. The van der Waals surface area contributed by atoms with Crippen molar-refractivity contribution < 1.29 is 4.42 Å². The summed E-state index contributed by atoms with van der Waals surface area (Å²) in [7, 11) is 0. The van der Waals surface area contributed by atoms with Gasteiger partial charge < -0.3 is 15.5 Å². The van der Waals surface area contributed by atoms with E-state index in [1.807, 2.05) is 18.2 Å². The Morgan fingerprint density at radius 1 is 1.05 bits per heavy atom. The first-order valence-corrected chi connectivity index (χ1v) is 8.12. The van der Waals surface area contributed by atoms with Gasteiger partial charge in [-0.15, -0.1) is 0 Å². The zero-order valence-electron chi connectivity index (χ0n) is 11.2. The van der Waals surface area contributed by atoms with Crippen molar-refractivity contribution in [3.63, 3.8) is 0 Å². The van der Waals surface area contributed by atoms with Gasteiger partial charge in [0.15, 0.2) is 0 Å². The number of fused-ring (bicyclic) bond motifs is 1. The largest absolute Gasteiger partial charge is 0.464 e. The first-order valence-electron chi connectivity index (χ1n) is 6.54. The zero-order valence-corrected chi connectivity index (χ0v) is 14.4. The minimum Gasteiger partial charge on any atom is -0.464 e. The van der Waals surface area contributed by atoms with Gasteiger partial charge in [0.2, 0.25) is 0 Å². The maximum atomic E-state index is 6.07. The van der Waals surface area contributed by atoms with Crippen LogP contribution in [-0.4, -0.2) is 0 Å². The standard InChI is InChI=1S/C16H14Br2N2O/c17-13-6-12(16(19)14(18)7-13)9-20-8-10-1-2-11-3-4-21-15(11)5-10/h1-7,20H,8-9,19H2. The van der Waals surface area contributed by atoms with Crippen LogP contribution in [0.25, 0.3) is 11.0 Å². The molecule has 0 aliphatic heterocycles. The molecule has 0 bridgehead atoms. The lowest BCUT2D eigenvalue weighted by Crippen LogP contribution is -2.14. The number of furan rings is 1. The Morgan fingerprint density at radius 3 is 2.76 bits per heavy atom. The summed E-state index contributed by atoms with van der Waals surface area (Å²) in [6.45, 7) is 1.47. The minimum absolute atomic E-state index is 0.708. The predicted molar refractivity (Wildman–Crippen MR) is 93.0 cm³/mol. The molecule has 0 aliphatic rings. The normalized spacial score (nSPS) is 11.1. The van der Waals surface area contributed by atoms with Crippen LogP contribution in [0.1, 0.15) is 11.1 Å². The van der Waals surface area contributed by atoms with Crippen LogP contribution in [0.3, 0.4) is 0 Å². The maximum absolute atomic E-state index is 6.07. The third kappa shape index (κ3) is 3.31. The fourth-order valence-corrected chi connectivity index (χ4v) is 3.55. The molecular formula is C16H14Br2N2O. The number of benzene rings is 2. The van der Waals surface area contributed by atoms with Crippen molar-refractivity contribution in [3.05, 3.63) is 62.7 Å². The van der Waals surface area contributed by atoms with Crippen molar-refractivity contribution in [2.24, 2.45) is 0 Å². The third-order valence-corrected chi connectivity index (χ3v) is 4.46. The van der Waals surface area contributed by atoms with Crippen LogP contribution in [0.5, 0.6) is 0 Å². The van der Waals surface area contributed by atoms with Gasteiger partial charge in [-0.05, 0) is 51.3 Å². The minimum atomic E-state index is 0.708. The average Bonchev–Trinajstić information content (AvgIpc) is 2.91. The van der Waals surface area contributed by atoms with Crippen LogP contribution in [0, 0.1) is 0 Å². The first-order chi connectivity index (χ1) is 10.1. The molecule has 0 atom stereocenters. The Labute approximate surface area is 139 Å². The van der Waals surface area contributed by atoms with Gasteiger partial charge in [-0.2, -0.15) is 0 Å². The number of nitrogen functional groups attached to an aromatic ring is 1. The topological polar surface area (TPSA) is 51.2 Å². The quantitative estimate of drug-likeness (QED) is 0.606. The number of anilines is 1. The average molecular weight is 410 g/mol. The second kappa shape index (κ2) is 6.22. The fraction of sp³-hybridized carbons (Fsp3) is 0.125. The molecule has 3 rings (SSSR count). The van der Waals surface area contributed by atoms with Crippen LogP contribution in [0.4, 0.5) is 5.69 Å². The van der Waals surface area contributed by atoms with E-state index in [0.29, 0.717) is 6.54 Å². The van der Waals surface area contributed by atoms with E-state index in [9.17, 15) is 0 Å². The number of hydrogen-bond acceptors (Lipinski definition) is 3. The summed E-state index contributed by atoms with van der Waals surface area (Å²) in [5, 5.41) is 4.53. The molecule has 21 heavy (non-hydrogen) atoms. The monoisotopic (exact) mass is 408 g/mol. The second-order valence-corrected chi connectivity index (χ2v) is 6.63. The highest BCUT2D eigenvalue weighted by atomic mass is 79.9. The van der Waals surface area contributed by atoms with Gasteiger partial charge in [-0.25, -0.2) is 0 Å². The molecule has 0 amide bonds.